The molecule has 0 aliphatic carbocycles. The van der Waals surface area contributed by atoms with E-state index in [1.807, 2.05) is 26.2 Å². The Balaban J connectivity index is 1.79. The molecule has 0 fully saturated rings. The van der Waals surface area contributed by atoms with E-state index in [9.17, 15) is 19.2 Å². The largest absolute Gasteiger partial charge is 0.444 e. The first-order valence-electron chi connectivity index (χ1n) is 15.0. The standard InChI is InChI=1S/C31H46N6O6S2/c1-8-9-13-24(38)32-17-14-25-35-23(21-44-25)27-36-22(20-45-27)26(39)33-16-12-19-37(29(41)43-31(5,6)7)18-11-10-15-34-28(40)42-30(2,3)4/h1,20-21H,9-19H2,2-7H3,(H,32,38)(H,33,39)(H,34,40). The maximum Gasteiger partial charge on any atom is 0.410 e. The molecule has 45 heavy (non-hydrogen) atoms. The lowest BCUT2D eigenvalue weighted by molar-refractivity contribution is -0.120. The number of aromatic nitrogens is 2. The van der Waals surface area contributed by atoms with Crippen LogP contribution in [0.2, 0.25) is 0 Å². The first-order valence-corrected chi connectivity index (χ1v) is 16.8. The molecule has 2 aromatic rings. The predicted octanol–water partition coefficient (Wildman–Crippen LogP) is 5.00. The zero-order valence-electron chi connectivity index (χ0n) is 27.1. The molecule has 2 rings (SSSR count). The minimum absolute atomic E-state index is 0.0810. The summed E-state index contributed by atoms with van der Waals surface area (Å²) >= 11 is 2.81. The fourth-order valence-corrected chi connectivity index (χ4v) is 5.34. The molecule has 248 valence electrons. The zero-order chi connectivity index (χ0) is 33.5. The average Bonchev–Trinajstić information content (AvgIpc) is 3.61. The van der Waals surface area contributed by atoms with Gasteiger partial charge in [-0.2, -0.15) is 0 Å². The molecule has 4 amide bonds. The van der Waals surface area contributed by atoms with Crippen LogP contribution in [0.3, 0.4) is 0 Å². The second kappa shape index (κ2) is 18.3. The number of ether oxygens (including phenoxy) is 2. The summed E-state index contributed by atoms with van der Waals surface area (Å²) in [6, 6.07) is 0. The van der Waals surface area contributed by atoms with Crippen molar-refractivity contribution in [2.75, 3.05) is 32.7 Å². The van der Waals surface area contributed by atoms with Gasteiger partial charge in [-0.05, 0) is 60.8 Å². The van der Waals surface area contributed by atoms with Gasteiger partial charge in [0, 0.05) is 62.7 Å². The summed E-state index contributed by atoms with van der Waals surface area (Å²) in [5.41, 5.74) is -0.218. The lowest BCUT2D eigenvalue weighted by Crippen LogP contribution is -2.39. The molecule has 0 aliphatic heterocycles. The van der Waals surface area contributed by atoms with Crippen LogP contribution in [0.25, 0.3) is 10.7 Å². The topological polar surface area (TPSA) is 152 Å². The van der Waals surface area contributed by atoms with Crippen LogP contribution >= 0.6 is 22.7 Å². The van der Waals surface area contributed by atoms with Crippen molar-refractivity contribution >= 4 is 46.7 Å². The van der Waals surface area contributed by atoms with Crippen molar-refractivity contribution in [1.82, 2.24) is 30.8 Å². The second-order valence-electron chi connectivity index (χ2n) is 12.2. The van der Waals surface area contributed by atoms with Crippen LogP contribution in [0, 0.1) is 12.3 Å². The number of carbonyl (C=O) groups is 4. The minimum atomic E-state index is -0.638. The van der Waals surface area contributed by atoms with Gasteiger partial charge in [0.05, 0.1) is 5.01 Å². The van der Waals surface area contributed by atoms with E-state index in [4.69, 9.17) is 15.9 Å². The Morgan fingerprint density at radius 2 is 1.56 bits per heavy atom. The first-order chi connectivity index (χ1) is 21.2. The fourth-order valence-electron chi connectivity index (χ4n) is 3.72. The number of amides is 4. The Hall–Kier alpha value is -3.70. The molecular weight excluding hydrogens is 617 g/mol. The Kier molecular flexibility index (Phi) is 15.3. The molecule has 0 radical (unpaired) electrons. The molecule has 0 unspecified atom stereocenters. The van der Waals surface area contributed by atoms with Gasteiger partial charge in [0.2, 0.25) is 5.91 Å². The van der Waals surface area contributed by atoms with Gasteiger partial charge in [0.15, 0.2) is 0 Å². The highest BCUT2D eigenvalue weighted by atomic mass is 32.1. The molecule has 2 heterocycles. The van der Waals surface area contributed by atoms with Gasteiger partial charge < -0.3 is 30.3 Å². The fraction of sp³-hybridized carbons (Fsp3) is 0.613. The number of nitrogens with one attached hydrogen (secondary N) is 3. The van der Waals surface area contributed by atoms with Crippen LogP contribution in [0.15, 0.2) is 10.8 Å². The zero-order valence-corrected chi connectivity index (χ0v) is 28.8. The molecule has 0 aromatic carbocycles. The van der Waals surface area contributed by atoms with E-state index in [0.717, 1.165) is 5.01 Å². The summed E-state index contributed by atoms with van der Waals surface area (Å²) in [7, 11) is 0. The third-order valence-corrected chi connectivity index (χ3v) is 7.50. The second-order valence-corrected chi connectivity index (χ2v) is 14.0. The van der Waals surface area contributed by atoms with E-state index >= 15 is 0 Å². The highest BCUT2D eigenvalue weighted by Gasteiger charge is 2.22. The normalized spacial score (nSPS) is 11.3. The molecule has 0 saturated carbocycles. The molecule has 0 bridgehead atoms. The summed E-state index contributed by atoms with van der Waals surface area (Å²) < 4.78 is 10.8. The van der Waals surface area contributed by atoms with E-state index in [2.05, 4.69) is 31.8 Å². The smallest absolute Gasteiger partial charge is 0.410 e. The summed E-state index contributed by atoms with van der Waals surface area (Å²) in [6.07, 6.45) is 7.44. The Morgan fingerprint density at radius 1 is 0.867 bits per heavy atom. The molecule has 12 nitrogen and oxygen atoms in total. The Morgan fingerprint density at radius 3 is 2.24 bits per heavy atom. The van der Waals surface area contributed by atoms with Crippen molar-refractivity contribution in [3.8, 4) is 23.0 Å². The first kappa shape index (κ1) is 37.5. The number of hydrogen-bond acceptors (Lipinski definition) is 10. The van der Waals surface area contributed by atoms with Crippen molar-refractivity contribution in [3.63, 3.8) is 0 Å². The van der Waals surface area contributed by atoms with E-state index in [1.165, 1.54) is 22.7 Å². The van der Waals surface area contributed by atoms with Gasteiger partial charge in [0.1, 0.15) is 27.6 Å². The third kappa shape index (κ3) is 15.7. The highest BCUT2D eigenvalue weighted by Crippen LogP contribution is 2.25. The van der Waals surface area contributed by atoms with Gasteiger partial charge in [-0.3, -0.25) is 9.59 Å². The number of carbonyl (C=O) groups excluding carboxylic acids is 4. The van der Waals surface area contributed by atoms with Crippen LogP contribution in [-0.2, 0) is 20.7 Å². The monoisotopic (exact) mass is 662 g/mol. The van der Waals surface area contributed by atoms with Crippen molar-refractivity contribution in [3.05, 3.63) is 21.5 Å². The van der Waals surface area contributed by atoms with Gasteiger partial charge >= 0.3 is 12.2 Å². The molecule has 2 aromatic heterocycles. The van der Waals surface area contributed by atoms with Crippen LogP contribution in [-0.4, -0.2) is 82.8 Å². The van der Waals surface area contributed by atoms with Crippen LogP contribution in [0.5, 0.6) is 0 Å². The minimum Gasteiger partial charge on any atom is -0.444 e. The number of nitrogens with zero attached hydrogens (tertiary/aromatic N) is 3. The lowest BCUT2D eigenvalue weighted by Gasteiger charge is -2.27. The highest BCUT2D eigenvalue weighted by molar-refractivity contribution is 7.14. The summed E-state index contributed by atoms with van der Waals surface area (Å²) in [5.74, 6) is 2.06. The maximum atomic E-state index is 12.8. The Labute approximate surface area is 274 Å². The van der Waals surface area contributed by atoms with Crippen molar-refractivity contribution in [2.45, 2.75) is 91.3 Å². The van der Waals surface area contributed by atoms with Gasteiger partial charge in [-0.15, -0.1) is 35.0 Å². The molecule has 0 aliphatic rings. The number of alkyl carbamates (subject to hydrolysis) is 1. The molecule has 0 atom stereocenters. The van der Waals surface area contributed by atoms with Gasteiger partial charge in [0.25, 0.3) is 5.91 Å². The van der Waals surface area contributed by atoms with Crippen LogP contribution < -0.4 is 16.0 Å². The van der Waals surface area contributed by atoms with Crippen LogP contribution in [0.1, 0.15) is 89.1 Å². The lowest BCUT2D eigenvalue weighted by atomic mass is 10.2. The van der Waals surface area contributed by atoms with Gasteiger partial charge in [-0.25, -0.2) is 19.6 Å². The average molecular weight is 663 g/mol. The quantitative estimate of drug-likeness (QED) is 0.168. The number of terminal acetylenes is 1. The molecule has 0 spiro atoms. The van der Waals surface area contributed by atoms with Crippen molar-refractivity contribution in [2.24, 2.45) is 0 Å². The SMILES string of the molecule is C#CCCC(=O)NCCc1nc(-c2nc(C(=O)NCCCN(CCCCNC(=O)OC(C)(C)C)C(=O)OC(C)(C)C)cs2)cs1. The number of thiazole rings is 2. The molecule has 0 saturated heterocycles. The summed E-state index contributed by atoms with van der Waals surface area (Å²) in [4.78, 5) is 59.7. The van der Waals surface area contributed by atoms with E-state index in [-0.39, 0.29) is 11.8 Å². The van der Waals surface area contributed by atoms with E-state index in [1.54, 1.807) is 31.1 Å². The number of unbranched alkanes of at least 4 members (excludes halogenated alkanes) is 1. The summed E-state index contributed by atoms with van der Waals surface area (Å²) in [5, 5.41) is 13.5. The number of hydrogen-bond donors (Lipinski definition) is 3. The summed E-state index contributed by atoms with van der Waals surface area (Å²) in [6.45, 7) is 12.9. The van der Waals surface area contributed by atoms with Gasteiger partial charge in [-0.1, -0.05) is 0 Å². The van der Waals surface area contributed by atoms with E-state index < -0.39 is 23.4 Å². The van der Waals surface area contributed by atoms with Crippen molar-refractivity contribution in [1.29, 1.82) is 0 Å². The van der Waals surface area contributed by atoms with Crippen LogP contribution in [0.4, 0.5) is 9.59 Å². The Bertz CT molecular complexity index is 1300. The van der Waals surface area contributed by atoms with Crippen molar-refractivity contribution < 1.29 is 28.7 Å². The predicted molar refractivity (Wildman–Crippen MR) is 176 cm³/mol. The third-order valence-electron chi connectivity index (χ3n) is 5.73. The molecular formula is C31H46N6O6S2. The number of rotatable bonds is 16. The van der Waals surface area contributed by atoms with E-state index in [0.29, 0.717) is 87.6 Å². The molecule has 14 heteroatoms. The molecule has 3 N–H and O–H groups in total. The maximum absolute atomic E-state index is 12.8.